The summed E-state index contributed by atoms with van der Waals surface area (Å²) in [5, 5.41) is 2.91. The molecule has 1 heterocycles. The van der Waals surface area contributed by atoms with Gasteiger partial charge in [0.05, 0.1) is 18.6 Å². The summed E-state index contributed by atoms with van der Waals surface area (Å²) in [6.45, 7) is 0.833. The van der Waals surface area contributed by atoms with E-state index in [0.717, 1.165) is 11.1 Å². The van der Waals surface area contributed by atoms with Crippen LogP contribution in [0.25, 0.3) is 0 Å². The molecule has 2 unspecified atom stereocenters. The standard InChI is InChI=1S/C22H23F3N2O3/c1-2-30-18-10-8-16(9-11-18)20(15-6-4-3-5-7-15)26-21(29)17-12-19(28)27(13-17)14-22(23,24)25/h3-11,17,20H,2,12-14H2,1H3,(H,26,29). The van der Waals surface area contributed by atoms with E-state index >= 15 is 0 Å². The fraction of sp³-hybridized carbons (Fsp3) is 0.364. The fourth-order valence-corrected chi connectivity index (χ4v) is 3.50. The lowest BCUT2D eigenvalue weighted by Gasteiger charge is -2.22. The van der Waals surface area contributed by atoms with Crippen molar-refractivity contribution in [1.82, 2.24) is 10.2 Å². The molecule has 2 aromatic rings. The van der Waals surface area contributed by atoms with Crippen molar-refractivity contribution in [3.05, 3.63) is 65.7 Å². The predicted molar refractivity (Wildman–Crippen MR) is 105 cm³/mol. The summed E-state index contributed by atoms with van der Waals surface area (Å²) in [5.41, 5.74) is 1.63. The number of rotatable bonds is 7. The molecule has 0 bridgehead atoms. The lowest BCUT2D eigenvalue weighted by atomic mass is 9.97. The number of hydrogen-bond acceptors (Lipinski definition) is 3. The molecule has 5 nitrogen and oxygen atoms in total. The maximum absolute atomic E-state index is 12.8. The molecule has 0 saturated carbocycles. The first-order valence-corrected chi connectivity index (χ1v) is 9.69. The SMILES string of the molecule is CCOc1ccc(C(NC(=O)C2CC(=O)N(CC(F)(F)F)C2)c2ccccc2)cc1. The number of hydrogen-bond donors (Lipinski definition) is 1. The van der Waals surface area contributed by atoms with Crippen LogP contribution in [0.15, 0.2) is 54.6 Å². The summed E-state index contributed by atoms with van der Waals surface area (Å²) in [5.74, 6) is -1.24. The molecule has 0 spiro atoms. The molecule has 1 aliphatic rings. The van der Waals surface area contributed by atoms with Crippen LogP contribution in [-0.2, 0) is 9.59 Å². The molecule has 3 rings (SSSR count). The summed E-state index contributed by atoms with van der Waals surface area (Å²) in [6.07, 6.45) is -4.72. The number of carbonyl (C=O) groups is 2. The Bertz CT molecular complexity index is 869. The Balaban J connectivity index is 1.77. The van der Waals surface area contributed by atoms with Gasteiger partial charge in [-0.3, -0.25) is 9.59 Å². The van der Waals surface area contributed by atoms with E-state index in [9.17, 15) is 22.8 Å². The molecule has 0 aliphatic carbocycles. The maximum atomic E-state index is 12.8. The number of halogens is 3. The van der Waals surface area contributed by atoms with Crippen LogP contribution in [-0.4, -0.2) is 42.6 Å². The number of nitrogens with one attached hydrogen (secondary N) is 1. The highest BCUT2D eigenvalue weighted by atomic mass is 19.4. The van der Waals surface area contributed by atoms with Crippen molar-refractivity contribution in [2.45, 2.75) is 25.6 Å². The Kier molecular flexibility index (Phi) is 6.64. The van der Waals surface area contributed by atoms with E-state index in [0.29, 0.717) is 17.3 Å². The highest BCUT2D eigenvalue weighted by Crippen LogP contribution is 2.27. The first-order valence-electron chi connectivity index (χ1n) is 9.69. The number of benzene rings is 2. The number of ether oxygens (including phenoxy) is 1. The van der Waals surface area contributed by atoms with E-state index in [-0.39, 0.29) is 13.0 Å². The van der Waals surface area contributed by atoms with Crippen molar-refractivity contribution in [1.29, 1.82) is 0 Å². The number of amides is 2. The Morgan fingerprint density at radius 2 is 1.77 bits per heavy atom. The van der Waals surface area contributed by atoms with Gasteiger partial charge in [0, 0.05) is 13.0 Å². The van der Waals surface area contributed by atoms with Crippen LogP contribution in [0.4, 0.5) is 13.2 Å². The van der Waals surface area contributed by atoms with Gasteiger partial charge >= 0.3 is 6.18 Å². The molecule has 8 heteroatoms. The molecule has 1 fully saturated rings. The van der Waals surface area contributed by atoms with Crippen molar-refractivity contribution >= 4 is 11.8 Å². The van der Waals surface area contributed by atoms with Crippen molar-refractivity contribution < 1.29 is 27.5 Å². The van der Waals surface area contributed by atoms with Crippen LogP contribution < -0.4 is 10.1 Å². The molecule has 0 aromatic heterocycles. The quantitative estimate of drug-likeness (QED) is 0.743. The first kappa shape index (κ1) is 21.7. The lowest BCUT2D eigenvalue weighted by molar-refractivity contribution is -0.157. The monoisotopic (exact) mass is 420 g/mol. The third kappa shape index (κ3) is 5.52. The van der Waals surface area contributed by atoms with E-state index in [4.69, 9.17) is 4.74 Å². The summed E-state index contributed by atoms with van der Waals surface area (Å²) < 4.78 is 43.4. The van der Waals surface area contributed by atoms with Crippen LogP contribution in [0.5, 0.6) is 5.75 Å². The van der Waals surface area contributed by atoms with Crippen molar-refractivity contribution in [2.75, 3.05) is 19.7 Å². The highest BCUT2D eigenvalue weighted by molar-refractivity contribution is 5.89. The van der Waals surface area contributed by atoms with Gasteiger partial charge in [0.1, 0.15) is 12.3 Å². The third-order valence-electron chi connectivity index (χ3n) is 4.90. The largest absolute Gasteiger partial charge is 0.494 e. The van der Waals surface area contributed by atoms with Gasteiger partial charge in [-0.15, -0.1) is 0 Å². The van der Waals surface area contributed by atoms with E-state index in [1.165, 1.54) is 0 Å². The summed E-state index contributed by atoms with van der Waals surface area (Å²) in [7, 11) is 0. The van der Waals surface area contributed by atoms with Crippen molar-refractivity contribution in [3.63, 3.8) is 0 Å². The number of alkyl halides is 3. The molecule has 1 N–H and O–H groups in total. The summed E-state index contributed by atoms with van der Waals surface area (Å²) in [6, 6.07) is 16.0. The molecule has 160 valence electrons. The summed E-state index contributed by atoms with van der Waals surface area (Å²) >= 11 is 0. The fourth-order valence-electron chi connectivity index (χ4n) is 3.50. The van der Waals surface area contributed by atoms with E-state index < -0.39 is 36.5 Å². The predicted octanol–water partition coefficient (Wildman–Crippen LogP) is 3.70. The van der Waals surface area contributed by atoms with Crippen molar-refractivity contribution in [3.8, 4) is 5.75 Å². The molecule has 2 aromatic carbocycles. The number of carbonyl (C=O) groups excluding carboxylic acids is 2. The highest BCUT2D eigenvalue weighted by Gasteiger charge is 2.41. The van der Waals surface area contributed by atoms with Crippen LogP contribution >= 0.6 is 0 Å². The Morgan fingerprint density at radius 1 is 1.13 bits per heavy atom. The molecular formula is C22H23F3N2O3. The average Bonchev–Trinajstić information content (AvgIpc) is 3.06. The zero-order valence-corrected chi connectivity index (χ0v) is 16.5. The Morgan fingerprint density at radius 3 is 2.37 bits per heavy atom. The van der Waals surface area contributed by atoms with Gasteiger partial charge < -0.3 is 15.0 Å². The van der Waals surface area contributed by atoms with Crippen LogP contribution in [0.2, 0.25) is 0 Å². The van der Waals surface area contributed by atoms with Crippen LogP contribution in [0.1, 0.15) is 30.5 Å². The molecule has 1 aliphatic heterocycles. The lowest BCUT2D eigenvalue weighted by Crippen LogP contribution is -2.38. The topological polar surface area (TPSA) is 58.6 Å². The normalized spacial score (nSPS) is 17.7. The molecule has 0 radical (unpaired) electrons. The minimum atomic E-state index is -4.49. The second-order valence-corrected chi connectivity index (χ2v) is 7.14. The van der Waals surface area contributed by atoms with Crippen LogP contribution in [0.3, 0.4) is 0 Å². The maximum Gasteiger partial charge on any atom is 0.406 e. The third-order valence-corrected chi connectivity index (χ3v) is 4.90. The van der Waals surface area contributed by atoms with Crippen molar-refractivity contribution in [2.24, 2.45) is 5.92 Å². The van der Waals surface area contributed by atoms with E-state index in [1.54, 1.807) is 12.1 Å². The molecule has 30 heavy (non-hydrogen) atoms. The average molecular weight is 420 g/mol. The van der Waals surface area contributed by atoms with Gasteiger partial charge in [-0.05, 0) is 30.2 Å². The molecular weight excluding hydrogens is 397 g/mol. The second-order valence-electron chi connectivity index (χ2n) is 7.14. The molecule has 1 saturated heterocycles. The minimum Gasteiger partial charge on any atom is -0.494 e. The summed E-state index contributed by atoms with van der Waals surface area (Å²) in [4.78, 5) is 25.4. The van der Waals surface area contributed by atoms with E-state index in [1.807, 2.05) is 49.4 Å². The Hall–Kier alpha value is -3.03. The van der Waals surface area contributed by atoms with Gasteiger partial charge in [0.25, 0.3) is 0 Å². The number of nitrogens with zero attached hydrogens (tertiary/aromatic N) is 1. The Labute approximate surface area is 172 Å². The first-order chi connectivity index (χ1) is 14.3. The van der Waals surface area contributed by atoms with E-state index in [2.05, 4.69) is 5.32 Å². The molecule has 2 amide bonds. The zero-order valence-electron chi connectivity index (χ0n) is 16.5. The van der Waals surface area contributed by atoms with Gasteiger partial charge in [0.15, 0.2) is 0 Å². The van der Waals surface area contributed by atoms with Gasteiger partial charge in [-0.1, -0.05) is 42.5 Å². The van der Waals surface area contributed by atoms with Gasteiger partial charge in [0.2, 0.25) is 11.8 Å². The van der Waals surface area contributed by atoms with Gasteiger partial charge in [-0.25, -0.2) is 0 Å². The molecule has 2 atom stereocenters. The smallest absolute Gasteiger partial charge is 0.406 e. The number of likely N-dealkylation sites (tertiary alicyclic amines) is 1. The van der Waals surface area contributed by atoms with Gasteiger partial charge in [-0.2, -0.15) is 13.2 Å². The minimum absolute atomic E-state index is 0.229. The zero-order chi connectivity index (χ0) is 21.7. The van der Waals surface area contributed by atoms with Crippen LogP contribution in [0, 0.1) is 5.92 Å². The second kappa shape index (κ2) is 9.19.